The fourth-order valence-corrected chi connectivity index (χ4v) is 2.30. The van der Waals surface area contributed by atoms with Gasteiger partial charge in [0, 0.05) is 24.5 Å². The summed E-state index contributed by atoms with van der Waals surface area (Å²) in [6.45, 7) is 0. The number of halogens is 1. The van der Waals surface area contributed by atoms with Gasteiger partial charge in [-0.2, -0.15) is 4.39 Å². The monoisotopic (exact) mass is 286 g/mol. The molecule has 2 N–H and O–H groups in total. The number of nitro benzene ring substituents is 1. The molecular weight excluding hydrogens is 279 g/mol. The Morgan fingerprint density at radius 1 is 1.42 bits per heavy atom. The SMILES string of the molecule is O=[N+]([O-])c1ccc(S(=O)(=O)Nc2ncc[nH]2)cc1F. The highest BCUT2D eigenvalue weighted by Gasteiger charge is 2.21. The average molecular weight is 286 g/mol. The Balaban J connectivity index is 2.36. The van der Waals surface area contributed by atoms with E-state index in [9.17, 15) is 22.9 Å². The topological polar surface area (TPSA) is 118 Å². The first-order valence-corrected chi connectivity index (χ1v) is 6.34. The summed E-state index contributed by atoms with van der Waals surface area (Å²) in [5, 5.41) is 10.4. The Labute approximate surface area is 106 Å². The van der Waals surface area contributed by atoms with Crippen LogP contribution in [0.1, 0.15) is 0 Å². The number of imidazole rings is 1. The van der Waals surface area contributed by atoms with E-state index in [4.69, 9.17) is 0 Å². The van der Waals surface area contributed by atoms with Crippen molar-refractivity contribution >= 4 is 21.7 Å². The minimum absolute atomic E-state index is 0.0428. The van der Waals surface area contributed by atoms with Crippen LogP contribution in [-0.2, 0) is 10.0 Å². The summed E-state index contributed by atoms with van der Waals surface area (Å²) < 4.78 is 39.1. The van der Waals surface area contributed by atoms with Gasteiger partial charge in [0.25, 0.3) is 10.0 Å². The van der Waals surface area contributed by atoms with Gasteiger partial charge in [0.15, 0.2) is 0 Å². The smallest absolute Gasteiger partial charge is 0.304 e. The van der Waals surface area contributed by atoms with Crippen molar-refractivity contribution in [1.82, 2.24) is 9.97 Å². The highest BCUT2D eigenvalue weighted by Crippen LogP contribution is 2.21. The number of hydrogen-bond acceptors (Lipinski definition) is 5. The summed E-state index contributed by atoms with van der Waals surface area (Å²) in [7, 11) is -4.05. The number of nitrogens with zero attached hydrogens (tertiary/aromatic N) is 2. The molecule has 0 aliphatic carbocycles. The van der Waals surface area contributed by atoms with E-state index in [1.54, 1.807) is 0 Å². The maximum Gasteiger partial charge on any atom is 0.304 e. The summed E-state index contributed by atoms with van der Waals surface area (Å²) in [5.74, 6) is -1.27. The van der Waals surface area contributed by atoms with E-state index in [0.29, 0.717) is 6.07 Å². The lowest BCUT2D eigenvalue weighted by Gasteiger charge is -2.05. The summed E-state index contributed by atoms with van der Waals surface area (Å²) in [6, 6.07) is 2.29. The fraction of sp³-hybridized carbons (Fsp3) is 0. The molecule has 1 aromatic carbocycles. The molecule has 0 radical (unpaired) electrons. The molecule has 8 nitrogen and oxygen atoms in total. The largest absolute Gasteiger partial charge is 0.330 e. The molecule has 2 rings (SSSR count). The van der Waals surface area contributed by atoms with Crippen LogP contribution in [0.4, 0.5) is 16.0 Å². The van der Waals surface area contributed by atoms with Gasteiger partial charge in [0.2, 0.25) is 11.8 Å². The van der Waals surface area contributed by atoms with Crippen LogP contribution in [0.2, 0.25) is 0 Å². The van der Waals surface area contributed by atoms with Crippen molar-refractivity contribution in [3.8, 4) is 0 Å². The van der Waals surface area contributed by atoms with Crippen LogP contribution in [0.3, 0.4) is 0 Å². The van der Waals surface area contributed by atoms with Crippen LogP contribution >= 0.6 is 0 Å². The van der Waals surface area contributed by atoms with E-state index in [-0.39, 0.29) is 5.95 Å². The fourth-order valence-electron chi connectivity index (χ4n) is 1.31. The van der Waals surface area contributed by atoms with Crippen molar-refractivity contribution in [3.05, 3.63) is 46.5 Å². The van der Waals surface area contributed by atoms with Crippen molar-refractivity contribution in [1.29, 1.82) is 0 Å². The number of aromatic amines is 1. The first-order valence-electron chi connectivity index (χ1n) is 4.86. The Hall–Kier alpha value is -2.49. The van der Waals surface area contributed by atoms with Crippen LogP contribution in [0.25, 0.3) is 0 Å². The highest BCUT2D eigenvalue weighted by atomic mass is 32.2. The van der Waals surface area contributed by atoms with Crippen LogP contribution in [-0.4, -0.2) is 23.3 Å². The van der Waals surface area contributed by atoms with Gasteiger partial charge in [0.1, 0.15) is 0 Å². The molecule has 0 bridgehead atoms. The quantitative estimate of drug-likeness (QED) is 0.648. The van der Waals surface area contributed by atoms with E-state index in [1.165, 1.54) is 12.4 Å². The van der Waals surface area contributed by atoms with Gasteiger partial charge in [-0.1, -0.05) is 0 Å². The van der Waals surface area contributed by atoms with Crippen LogP contribution < -0.4 is 4.72 Å². The molecule has 0 fully saturated rings. The molecule has 0 unspecified atom stereocenters. The summed E-state index contributed by atoms with van der Waals surface area (Å²) in [6.07, 6.45) is 2.72. The first kappa shape index (κ1) is 13.0. The summed E-state index contributed by atoms with van der Waals surface area (Å²) in [4.78, 5) is 15.2. The number of sulfonamides is 1. The lowest BCUT2D eigenvalue weighted by molar-refractivity contribution is -0.387. The Kier molecular flexibility index (Phi) is 3.17. The van der Waals surface area contributed by atoms with Crippen molar-refractivity contribution in [2.24, 2.45) is 0 Å². The molecule has 19 heavy (non-hydrogen) atoms. The third kappa shape index (κ3) is 2.68. The molecule has 0 saturated heterocycles. The molecule has 1 heterocycles. The predicted molar refractivity (Wildman–Crippen MR) is 62.5 cm³/mol. The standard InChI is InChI=1S/C9H7FN4O4S/c10-7-5-6(1-2-8(7)14(15)16)19(17,18)13-9-11-3-4-12-9/h1-5H,(H2,11,12,13). The van der Waals surface area contributed by atoms with Gasteiger partial charge < -0.3 is 4.98 Å². The van der Waals surface area contributed by atoms with Crippen LogP contribution in [0, 0.1) is 15.9 Å². The maximum absolute atomic E-state index is 13.4. The molecule has 100 valence electrons. The van der Waals surface area contributed by atoms with Crippen LogP contribution in [0.5, 0.6) is 0 Å². The number of benzene rings is 1. The highest BCUT2D eigenvalue weighted by molar-refractivity contribution is 7.92. The second kappa shape index (κ2) is 4.65. The predicted octanol–water partition coefficient (Wildman–Crippen LogP) is 1.26. The van der Waals surface area contributed by atoms with Crippen molar-refractivity contribution in [2.75, 3.05) is 4.72 Å². The minimum atomic E-state index is -4.05. The zero-order chi connectivity index (χ0) is 14.0. The van der Waals surface area contributed by atoms with E-state index >= 15 is 0 Å². The number of H-pyrrole nitrogens is 1. The molecule has 1 aromatic heterocycles. The third-order valence-corrected chi connectivity index (χ3v) is 3.49. The number of nitrogens with one attached hydrogen (secondary N) is 2. The van der Waals surface area contributed by atoms with Crippen molar-refractivity contribution in [3.63, 3.8) is 0 Å². The van der Waals surface area contributed by atoms with Crippen molar-refractivity contribution in [2.45, 2.75) is 4.90 Å². The van der Waals surface area contributed by atoms with Crippen LogP contribution in [0.15, 0.2) is 35.5 Å². The minimum Gasteiger partial charge on any atom is -0.330 e. The Morgan fingerprint density at radius 2 is 2.16 bits per heavy atom. The zero-order valence-corrected chi connectivity index (χ0v) is 10.0. The number of hydrogen-bond donors (Lipinski definition) is 2. The lowest BCUT2D eigenvalue weighted by atomic mass is 10.3. The molecule has 0 amide bonds. The van der Waals surface area contributed by atoms with Gasteiger partial charge in [0.05, 0.1) is 9.82 Å². The zero-order valence-electron chi connectivity index (χ0n) is 9.20. The molecule has 0 saturated carbocycles. The number of rotatable bonds is 4. The molecular formula is C9H7FN4O4S. The van der Waals surface area contributed by atoms with Gasteiger partial charge in [-0.25, -0.2) is 18.1 Å². The van der Waals surface area contributed by atoms with E-state index < -0.39 is 31.3 Å². The first-order chi connectivity index (χ1) is 8.90. The molecule has 0 atom stereocenters. The second-order valence-corrected chi connectivity index (χ2v) is 5.10. The van der Waals surface area contributed by atoms with E-state index in [1.807, 2.05) is 0 Å². The van der Waals surface area contributed by atoms with E-state index in [2.05, 4.69) is 14.7 Å². The van der Waals surface area contributed by atoms with Gasteiger partial charge in [-0.3, -0.25) is 10.1 Å². The Morgan fingerprint density at radius 3 is 2.68 bits per heavy atom. The van der Waals surface area contributed by atoms with E-state index in [0.717, 1.165) is 12.1 Å². The number of nitro groups is 1. The summed E-state index contributed by atoms with van der Waals surface area (Å²) >= 11 is 0. The number of anilines is 1. The molecule has 0 aliphatic rings. The maximum atomic E-state index is 13.4. The lowest BCUT2D eigenvalue weighted by Crippen LogP contribution is -2.14. The van der Waals surface area contributed by atoms with Gasteiger partial charge in [-0.15, -0.1) is 0 Å². The van der Waals surface area contributed by atoms with Gasteiger partial charge >= 0.3 is 5.69 Å². The average Bonchev–Trinajstić information content (AvgIpc) is 2.80. The third-order valence-electron chi connectivity index (χ3n) is 2.16. The molecule has 0 spiro atoms. The Bertz CT molecular complexity index is 714. The van der Waals surface area contributed by atoms with Crippen molar-refractivity contribution < 1.29 is 17.7 Å². The number of aromatic nitrogens is 2. The normalized spacial score (nSPS) is 11.2. The molecule has 2 aromatic rings. The van der Waals surface area contributed by atoms with Gasteiger partial charge in [-0.05, 0) is 6.07 Å². The second-order valence-electron chi connectivity index (χ2n) is 3.41. The molecule has 0 aliphatic heterocycles. The molecule has 10 heteroatoms. The summed E-state index contributed by atoms with van der Waals surface area (Å²) in [5.41, 5.74) is -0.794.